The Morgan fingerprint density at radius 3 is 3.07 bits per heavy atom. The first kappa shape index (κ1) is 10.4. The molecule has 1 fully saturated rings. The van der Waals surface area contributed by atoms with Gasteiger partial charge in [0, 0.05) is 12.5 Å². The third kappa shape index (κ3) is 2.10. The van der Waals surface area contributed by atoms with Gasteiger partial charge in [-0.1, -0.05) is 11.6 Å². The van der Waals surface area contributed by atoms with Crippen molar-refractivity contribution in [1.29, 1.82) is 0 Å². The van der Waals surface area contributed by atoms with E-state index in [0.29, 0.717) is 5.92 Å². The van der Waals surface area contributed by atoms with Crippen molar-refractivity contribution in [3.63, 3.8) is 0 Å². The Hall–Kier alpha value is -0.130. The van der Waals surface area contributed by atoms with Crippen LogP contribution in [-0.2, 0) is 4.74 Å². The molecule has 2 unspecified atom stereocenters. The molecule has 0 aliphatic carbocycles. The third-order valence-electron chi connectivity index (χ3n) is 2.56. The van der Waals surface area contributed by atoms with Crippen LogP contribution in [0.2, 0.25) is 4.34 Å². The quantitative estimate of drug-likeness (QED) is 0.619. The molecule has 78 valence electrons. The maximum atomic E-state index is 5.89. The molecule has 14 heavy (non-hydrogen) atoms. The van der Waals surface area contributed by atoms with E-state index < -0.39 is 0 Å². The SMILES string of the molecule is NNC(c1csc(Cl)c1)C1CCOC1. The predicted octanol–water partition coefficient (Wildman–Crippen LogP) is 1.94. The average Bonchev–Trinajstić information content (AvgIpc) is 2.79. The van der Waals surface area contributed by atoms with E-state index in [0.717, 1.165) is 29.5 Å². The van der Waals surface area contributed by atoms with Crippen LogP contribution in [0.25, 0.3) is 0 Å². The van der Waals surface area contributed by atoms with Gasteiger partial charge in [-0.15, -0.1) is 11.3 Å². The second-order valence-corrected chi connectivity index (χ2v) is 4.99. The number of hydrogen-bond acceptors (Lipinski definition) is 4. The summed E-state index contributed by atoms with van der Waals surface area (Å²) in [4.78, 5) is 0. The summed E-state index contributed by atoms with van der Waals surface area (Å²) in [6.07, 6.45) is 1.06. The van der Waals surface area contributed by atoms with Gasteiger partial charge >= 0.3 is 0 Å². The first-order valence-electron chi connectivity index (χ1n) is 4.59. The first-order valence-corrected chi connectivity index (χ1v) is 5.85. The maximum absolute atomic E-state index is 5.89. The van der Waals surface area contributed by atoms with Gasteiger partial charge in [0.25, 0.3) is 0 Å². The van der Waals surface area contributed by atoms with Crippen molar-refractivity contribution in [3.8, 4) is 0 Å². The Morgan fingerprint density at radius 1 is 1.71 bits per heavy atom. The van der Waals surface area contributed by atoms with Crippen molar-refractivity contribution in [2.75, 3.05) is 13.2 Å². The molecular formula is C9H13ClN2OS. The molecule has 0 spiro atoms. The summed E-state index contributed by atoms with van der Waals surface area (Å²) in [6, 6.07) is 2.14. The molecule has 1 aliphatic heterocycles. The number of rotatable bonds is 3. The summed E-state index contributed by atoms with van der Waals surface area (Å²) in [5.41, 5.74) is 4.01. The Balaban J connectivity index is 2.12. The monoisotopic (exact) mass is 232 g/mol. The first-order chi connectivity index (χ1) is 6.81. The van der Waals surface area contributed by atoms with Crippen molar-refractivity contribution < 1.29 is 4.74 Å². The summed E-state index contributed by atoms with van der Waals surface area (Å²) in [6.45, 7) is 1.61. The second kappa shape index (κ2) is 4.59. The molecule has 0 bridgehead atoms. The molecule has 1 saturated heterocycles. The van der Waals surface area contributed by atoms with Gasteiger partial charge in [-0.05, 0) is 23.4 Å². The minimum absolute atomic E-state index is 0.168. The third-order valence-corrected chi connectivity index (χ3v) is 3.67. The van der Waals surface area contributed by atoms with Crippen LogP contribution < -0.4 is 11.3 Å². The van der Waals surface area contributed by atoms with Gasteiger partial charge in [0.2, 0.25) is 0 Å². The number of nitrogens with one attached hydrogen (secondary N) is 1. The molecule has 0 radical (unpaired) electrons. The number of hydrazine groups is 1. The van der Waals surface area contributed by atoms with Gasteiger partial charge in [0.1, 0.15) is 0 Å². The average molecular weight is 233 g/mol. The highest BCUT2D eigenvalue weighted by Gasteiger charge is 2.26. The summed E-state index contributed by atoms with van der Waals surface area (Å²) < 4.78 is 6.15. The van der Waals surface area contributed by atoms with Gasteiger partial charge in [0.15, 0.2) is 0 Å². The maximum Gasteiger partial charge on any atom is 0.0931 e. The van der Waals surface area contributed by atoms with Gasteiger partial charge in [-0.2, -0.15) is 0 Å². The van der Waals surface area contributed by atoms with E-state index in [1.165, 1.54) is 11.3 Å². The number of ether oxygens (including phenoxy) is 1. The van der Waals surface area contributed by atoms with E-state index in [-0.39, 0.29) is 6.04 Å². The summed E-state index contributed by atoms with van der Waals surface area (Å²) in [5, 5.41) is 2.05. The molecule has 1 aromatic heterocycles. The van der Waals surface area contributed by atoms with Crippen molar-refractivity contribution in [2.24, 2.45) is 11.8 Å². The second-order valence-electron chi connectivity index (χ2n) is 3.45. The van der Waals surface area contributed by atoms with E-state index in [9.17, 15) is 0 Å². The van der Waals surface area contributed by atoms with Crippen molar-refractivity contribution >= 4 is 22.9 Å². The highest BCUT2D eigenvalue weighted by atomic mass is 35.5. The van der Waals surface area contributed by atoms with Crippen LogP contribution in [0, 0.1) is 5.92 Å². The molecule has 2 rings (SSSR count). The molecule has 0 amide bonds. The fourth-order valence-electron chi connectivity index (χ4n) is 1.81. The van der Waals surface area contributed by atoms with Crippen LogP contribution >= 0.6 is 22.9 Å². The Bertz CT molecular complexity index is 299. The number of hydrogen-bond donors (Lipinski definition) is 2. The van der Waals surface area contributed by atoms with E-state index >= 15 is 0 Å². The lowest BCUT2D eigenvalue weighted by molar-refractivity contribution is 0.177. The fourth-order valence-corrected chi connectivity index (χ4v) is 2.73. The van der Waals surface area contributed by atoms with Crippen LogP contribution in [0.1, 0.15) is 18.0 Å². The van der Waals surface area contributed by atoms with E-state index in [2.05, 4.69) is 5.43 Å². The van der Waals surface area contributed by atoms with Crippen LogP contribution in [0.3, 0.4) is 0 Å². The molecular weight excluding hydrogens is 220 g/mol. The number of nitrogens with two attached hydrogens (primary N) is 1. The molecule has 2 heterocycles. The molecule has 0 saturated carbocycles. The van der Waals surface area contributed by atoms with E-state index in [1.54, 1.807) is 0 Å². The standard InChI is InChI=1S/C9H13ClN2OS/c10-8-3-7(5-14-8)9(12-11)6-1-2-13-4-6/h3,5-6,9,12H,1-2,4,11H2. The normalized spacial score (nSPS) is 24.0. The minimum Gasteiger partial charge on any atom is -0.381 e. The molecule has 1 aromatic rings. The van der Waals surface area contributed by atoms with Crippen molar-refractivity contribution in [2.45, 2.75) is 12.5 Å². The van der Waals surface area contributed by atoms with Crippen molar-refractivity contribution in [1.82, 2.24) is 5.43 Å². The van der Waals surface area contributed by atoms with Crippen molar-refractivity contribution in [3.05, 3.63) is 21.3 Å². The summed E-state index contributed by atoms with van der Waals surface area (Å²) in [7, 11) is 0. The lowest BCUT2D eigenvalue weighted by atomic mass is 9.95. The van der Waals surface area contributed by atoms with Gasteiger partial charge in [-0.25, -0.2) is 0 Å². The lowest BCUT2D eigenvalue weighted by Crippen LogP contribution is -2.33. The molecule has 3 N–H and O–H groups in total. The summed E-state index contributed by atoms with van der Waals surface area (Å²) >= 11 is 7.42. The van der Waals surface area contributed by atoms with Crippen LogP contribution in [0.5, 0.6) is 0 Å². The molecule has 2 atom stereocenters. The minimum atomic E-state index is 0.168. The summed E-state index contributed by atoms with van der Waals surface area (Å²) in [5.74, 6) is 6.01. The zero-order valence-corrected chi connectivity index (χ0v) is 9.27. The smallest absolute Gasteiger partial charge is 0.0931 e. The largest absolute Gasteiger partial charge is 0.381 e. The van der Waals surface area contributed by atoms with Gasteiger partial charge in [0.05, 0.1) is 17.0 Å². The van der Waals surface area contributed by atoms with Gasteiger partial charge < -0.3 is 4.74 Å². The molecule has 0 aromatic carbocycles. The van der Waals surface area contributed by atoms with E-state index in [1.807, 2.05) is 11.4 Å². The molecule has 1 aliphatic rings. The topological polar surface area (TPSA) is 47.3 Å². The molecule has 3 nitrogen and oxygen atoms in total. The number of halogens is 1. The Labute approximate surface area is 92.2 Å². The van der Waals surface area contributed by atoms with Crippen LogP contribution in [0.15, 0.2) is 11.4 Å². The zero-order chi connectivity index (χ0) is 9.97. The van der Waals surface area contributed by atoms with E-state index in [4.69, 9.17) is 22.2 Å². The highest BCUT2D eigenvalue weighted by molar-refractivity contribution is 7.14. The van der Waals surface area contributed by atoms with Crippen LogP contribution in [-0.4, -0.2) is 13.2 Å². The predicted molar refractivity (Wildman–Crippen MR) is 58.3 cm³/mol. The Kier molecular flexibility index (Phi) is 3.41. The zero-order valence-electron chi connectivity index (χ0n) is 7.70. The number of thiophene rings is 1. The fraction of sp³-hybridized carbons (Fsp3) is 0.556. The highest BCUT2D eigenvalue weighted by Crippen LogP contribution is 2.32. The lowest BCUT2D eigenvalue weighted by Gasteiger charge is -2.20. The Morgan fingerprint density at radius 2 is 2.57 bits per heavy atom. The molecule has 5 heteroatoms. The van der Waals surface area contributed by atoms with Gasteiger partial charge in [-0.3, -0.25) is 11.3 Å². The van der Waals surface area contributed by atoms with Crippen LogP contribution in [0.4, 0.5) is 0 Å².